The molecule has 0 aliphatic carbocycles. The Morgan fingerprint density at radius 3 is 2.12 bits per heavy atom. The molecule has 25 heavy (non-hydrogen) atoms. The standard InChI is InChI=1S/C18H24O3S.CH2O.Na/c1-3-5-9-14-13-15-10-7-8-12-17(15)18(22(19,20)21)16(14)11-6-4-2;1-2;/h7-8,10,12-13H,3-6,9,11H2,1-2H3,(H,19,20,21);1H2;/q;;+1/p-1. The van der Waals surface area contributed by atoms with E-state index in [1.54, 1.807) is 12.1 Å². The molecule has 6 heteroatoms. The summed E-state index contributed by atoms with van der Waals surface area (Å²) in [6.07, 6.45) is 5.37. The Kier molecular flexibility index (Phi) is 11.5. The van der Waals surface area contributed by atoms with Gasteiger partial charge in [-0.05, 0) is 47.6 Å². The van der Waals surface area contributed by atoms with Crippen molar-refractivity contribution in [1.29, 1.82) is 0 Å². The van der Waals surface area contributed by atoms with Crippen LogP contribution in [0, 0.1) is 0 Å². The van der Waals surface area contributed by atoms with Gasteiger partial charge in [0.2, 0.25) is 0 Å². The Bertz CT molecular complexity index is 772. The first-order valence-corrected chi connectivity index (χ1v) is 9.68. The largest absolute Gasteiger partial charge is 1.00 e. The molecular weight excluding hydrogens is 347 g/mol. The minimum Gasteiger partial charge on any atom is -0.744 e. The van der Waals surface area contributed by atoms with Crippen LogP contribution in [0.25, 0.3) is 10.8 Å². The Morgan fingerprint density at radius 2 is 1.56 bits per heavy atom. The molecule has 0 heterocycles. The molecule has 0 amide bonds. The molecule has 0 saturated carbocycles. The molecular formula is C19H25NaO4S. The normalized spacial score (nSPS) is 10.7. The van der Waals surface area contributed by atoms with E-state index in [1.165, 1.54) is 0 Å². The van der Waals surface area contributed by atoms with E-state index >= 15 is 0 Å². The van der Waals surface area contributed by atoms with Crippen molar-refractivity contribution in [2.45, 2.75) is 57.3 Å². The van der Waals surface area contributed by atoms with Crippen LogP contribution in [-0.4, -0.2) is 19.8 Å². The number of carbonyl (C=O) groups is 1. The summed E-state index contributed by atoms with van der Waals surface area (Å²) in [6.45, 7) is 6.18. The molecule has 2 aromatic carbocycles. The molecule has 0 unspecified atom stereocenters. The van der Waals surface area contributed by atoms with Gasteiger partial charge in [0.15, 0.2) is 0 Å². The quantitative estimate of drug-likeness (QED) is 0.542. The summed E-state index contributed by atoms with van der Waals surface area (Å²) in [5, 5.41) is 1.40. The average Bonchev–Trinajstić information content (AvgIpc) is 2.58. The van der Waals surface area contributed by atoms with Gasteiger partial charge in [0.05, 0.1) is 4.90 Å². The van der Waals surface area contributed by atoms with E-state index in [0.29, 0.717) is 11.8 Å². The Hall–Kier alpha value is -0.720. The third kappa shape index (κ3) is 6.50. The van der Waals surface area contributed by atoms with Crippen LogP contribution < -0.4 is 29.6 Å². The summed E-state index contributed by atoms with van der Waals surface area (Å²) in [7, 11) is -4.49. The van der Waals surface area contributed by atoms with Crippen molar-refractivity contribution in [3.8, 4) is 0 Å². The zero-order chi connectivity index (χ0) is 18.2. The average molecular weight is 372 g/mol. The molecule has 0 saturated heterocycles. The topological polar surface area (TPSA) is 74.3 Å². The first kappa shape index (κ1) is 24.3. The van der Waals surface area contributed by atoms with Gasteiger partial charge in [-0.25, -0.2) is 8.42 Å². The van der Waals surface area contributed by atoms with Gasteiger partial charge in [0.1, 0.15) is 16.9 Å². The van der Waals surface area contributed by atoms with Crippen molar-refractivity contribution >= 4 is 27.7 Å². The summed E-state index contributed by atoms with van der Waals surface area (Å²) in [5.74, 6) is 0. The van der Waals surface area contributed by atoms with Gasteiger partial charge in [-0.2, -0.15) is 0 Å². The molecule has 0 atom stereocenters. The van der Waals surface area contributed by atoms with Gasteiger partial charge in [-0.3, -0.25) is 0 Å². The number of benzene rings is 2. The molecule has 0 aliphatic heterocycles. The molecule has 0 spiro atoms. The maximum absolute atomic E-state index is 11.9. The first-order valence-electron chi connectivity index (χ1n) is 8.27. The fourth-order valence-electron chi connectivity index (χ4n) is 2.92. The fraction of sp³-hybridized carbons (Fsp3) is 0.421. The summed E-state index contributed by atoms with van der Waals surface area (Å²) in [6, 6.07) is 9.33. The minimum atomic E-state index is -4.49. The van der Waals surface area contributed by atoms with E-state index in [2.05, 4.69) is 19.9 Å². The molecule has 132 valence electrons. The molecule has 0 aliphatic rings. The van der Waals surface area contributed by atoms with E-state index in [1.807, 2.05) is 18.9 Å². The number of hydrogen-bond acceptors (Lipinski definition) is 4. The maximum atomic E-state index is 11.9. The third-order valence-corrected chi connectivity index (χ3v) is 4.99. The molecule has 4 nitrogen and oxygen atoms in total. The Labute approximate surface area is 173 Å². The van der Waals surface area contributed by atoms with Crippen molar-refractivity contribution in [2.75, 3.05) is 0 Å². The van der Waals surface area contributed by atoms with E-state index in [-0.39, 0.29) is 34.5 Å². The smallest absolute Gasteiger partial charge is 0.744 e. The number of rotatable bonds is 7. The van der Waals surface area contributed by atoms with Crippen LogP contribution >= 0.6 is 0 Å². The molecule has 0 bridgehead atoms. The van der Waals surface area contributed by atoms with Crippen LogP contribution in [0.4, 0.5) is 0 Å². The van der Waals surface area contributed by atoms with E-state index in [9.17, 15) is 13.0 Å². The van der Waals surface area contributed by atoms with E-state index < -0.39 is 10.1 Å². The number of aryl methyl sites for hydroxylation is 1. The van der Waals surface area contributed by atoms with Crippen molar-refractivity contribution in [3.63, 3.8) is 0 Å². The van der Waals surface area contributed by atoms with Crippen LogP contribution in [0.5, 0.6) is 0 Å². The van der Waals surface area contributed by atoms with Gasteiger partial charge < -0.3 is 9.35 Å². The van der Waals surface area contributed by atoms with Crippen LogP contribution in [0.15, 0.2) is 35.2 Å². The molecule has 0 N–H and O–H groups in total. The second kappa shape index (κ2) is 11.8. The van der Waals surface area contributed by atoms with Gasteiger partial charge in [-0.1, -0.05) is 57.0 Å². The molecule has 0 fully saturated rings. The van der Waals surface area contributed by atoms with Gasteiger partial charge in [0.25, 0.3) is 0 Å². The van der Waals surface area contributed by atoms with Crippen molar-refractivity contribution < 1.29 is 47.3 Å². The van der Waals surface area contributed by atoms with E-state index in [0.717, 1.165) is 48.6 Å². The zero-order valence-corrected chi connectivity index (χ0v) is 18.2. The summed E-state index contributed by atoms with van der Waals surface area (Å²) >= 11 is 0. The second-order valence-corrected chi connectivity index (χ2v) is 7.04. The molecule has 0 radical (unpaired) electrons. The van der Waals surface area contributed by atoms with Gasteiger partial charge >= 0.3 is 29.6 Å². The number of fused-ring (bicyclic) bond motifs is 1. The number of unbranched alkanes of at least 4 members (excludes halogenated alkanes) is 2. The number of carbonyl (C=O) groups excluding carboxylic acids is 1. The second-order valence-electron chi connectivity index (χ2n) is 5.73. The van der Waals surface area contributed by atoms with Gasteiger partial charge in [-0.15, -0.1) is 0 Å². The number of hydrogen-bond donors (Lipinski definition) is 0. The predicted molar refractivity (Wildman–Crippen MR) is 96.3 cm³/mol. The summed E-state index contributed by atoms with van der Waals surface area (Å²) in [5.41, 5.74) is 1.76. The Morgan fingerprint density at radius 1 is 1.00 bits per heavy atom. The van der Waals surface area contributed by atoms with Crippen molar-refractivity contribution in [1.82, 2.24) is 0 Å². The van der Waals surface area contributed by atoms with Crippen molar-refractivity contribution in [3.05, 3.63) is 41.5 Å². The third-order valence-electron chi connectivity index (χ3n) is 4.03. The predicted octanol–water partition coefficient (Wildman–Crippen LogP) is 1.25. The van der Waals surface area contributed by atoms with Crippen LogP contribution in [0.2, 0.25) is 0 Å². The van der Waals surface area contributed by atoms with Crippen LogP contribution in [0.3, 0.4) is 0 Å². The first-order chi connectivity index (χ1) is 11.5. The monoisotopic (exact) mass is 372 g/mol. The zero-order valence-electron chi connectivity index (χ0n) is 15.4. The minimum absolute atomic E-state index is 0. The maximum Gasteiger partial charge on any atom is 1.00 e. The summed E-state index contributed by atoms with van der Waals surface area (Å²) in [4.78, 5) is 8.00. The van der Waals surface area contributed by atoms with E-state index in [4.69, 9.17) is 4.79 Å². The molecule has 0 aromatic heterocycles. The Balaban J connectivity index is 0.00000185. The van der Waals surface area contributed by atoms with Crippen molar-refractivity contribution in [2.24, 2.45) is 0 Å². The SMILES string of the molecule is C=O.CCCCc1cc2ccccc2c(S(=O)(=O)[O-])c1CCCC.[Na+]. The molecule has 2 aromatic rings. The molecule has 2 rings (SSSR count). The summed E-state index contributed by atoms with van der Waals surface area (Å²) < 4.78 is 35.7. The van der Waals surface area contributed by atoms with Gasteiger partial charge in [0, 0.05) is 0 Å². The fourth-order valence-corrected chi connectivity index (χ4v) is 3.91. The van der Waals surface area contributed by atoms with Crippen LogP contribution in [0.1, 0.15) is 50.7 Å². The van der Waals surface area contributed by atoms with Crippen LogP contribution in [-0.2, 0) is 27.8 Å².